The molecule has 106 valence electrons. The minimum absolute atomic E-state index is 0.361. The zero-order chi connectivity index (χ0) is 14.1. The molecule has 0 aromatic carbocycles. The fraction of sp³-hybridized carbons (Fsp3) is 0.615. The summed E-state index contributed by atoms with van der Waals surface area (Å²) in [6.45, 7) is 7.80. The summed E-state index contributed by atoms with van der Waals surface area (Å²) in [6.07, 6.45) is 1.77. The van der Waals surface area contributed by atoms with Crippen molar-refractivity contribution in [2.45, 2.75) is 39.5 Å². The van der Waals surface area contributed by atoms with E-state index in [1.54, 1.807) is 0 Å². The quantitative estimate of drug-likeness (QED) is 0.895. The van der Waals surface area contributed by atoms with Gasteiger partial charge >= 0.3 is 0 Å². The van der Waals surface area contributed by atoms with Gasteiger partial charge in [0.15, 0.2) is 5.82 Å². The van der Waals surface area contributed by atoms with E-state index in [0.29, 0.717) is 5.92 Å². The SMILES string of the molecule is CCc1nnc(N2CC(c3n[nH]c(C)n3)C2)nc1CC. The zero-order valence-electron chi connectivity index (χ0n) is 12.1. The summed E-state index contributed by atoms with van der Waals surface area (Å²) in [6, 6.07) is 0. The second-order valence-electron chi connectivity index (χ2n) is 5.09. The maximum Gasteiger partial charge on any atom is 0.245 e. The molecule has 2 aromatic rings. The van der Waals surface area contributed by atoms with E-state index >= 15 is 0 Å². The number of hydrogen-bond donors (Lipinski definition) is 1. The van der Waals surface area contributed by atoms with Crippen molar-refractivity contribution in [3.63, 3.8) is 0 Å². The van der Waals surface area contributed by atoms with E-state index in [2.05, 4.69) is 49.1 Å². The highest BCUT2D eigenvalue weighted by Crippen LogP contribution is 2.27. The number of H-pyrrole nitrogens is 1. The van der Waals surface area contributed by atoms with Crippen molar-refractivity contribution in [3.05, 3.63) is 23.0 Å². The van der Waals surface area contributed by atoms with Crippen molar-refractivity contribution < 1.29 is 0 Å². The standard InChI is InChI=1S/C13H19N7/c1-4-10-11(5-2)17-19-13(15-10)20-6-9(7-20)12-14-8(3)16-18-12/h9H,4-7H2,1-3H3,(H,14,16,18). The normalized spacial score (nSPS) is 15.4. The molecule has 1 aliphatic rings. The van der Waals surface area contributed by atoms with Crippen LogP contribution in [0.2, 0.25) is 0 Å². The maximum absolute atomic E-state index is 4.62. The Balaban J connectivity index is 1.70. The number of aryl methyl sites for hydroxylation is 3. The Morgan fingerprint density at radius 1 is 1.10 bits per heavy atom. The topological polar surface area (TPSA) is 83.5 Å². The largest absolute Gasteiger partial charge is 0.338 e. The Morgan fingerprint density at radius 2 is 1.85 bits per heavy atom. The molecule has 1 saturated heterocycles. The second kappa shape index (κ2) is 5.15. The van der Waals surface area contributed by atoms with Gasteiger partial charge in [-0.25, -0.2) is 9.97 Å². The molecule has 1 N–H and O–H groups in total. The molecule has 0 radical (unpaired) electrons. The average Bonchev–Trinajstić information content (AvgIpc) is 2.83. The van der Waals surface area contributed by atoms with Gasteiger partial charge in [-0.2, -0.15) is 10.2 Å². The zero-order valence-corrected chi connectivity index (χ0v) is 12.1. The van der Waals surface area contributed by atoms with Crippen LogP contribution in [0, 0.1) is 6.92 Å². The van der Waals surface area contributed by atoms with Crippen LogP contribution in [-0.4, -0.2) is 43.5 Å². The van der Waals surface area contributed by atoms with Crippen LogP contribution in [0.25, 0.3) is 0 Å². The molecule has 0 unspecified atom stereocenters. The smallest absolute Gasteiger partial charge is 0.245 e. The number of rotatable bonds is 4. The third kappa shape index (κ3) is 2.23. The lowest BCUT2D eigenvalue weighted by atomic mass is 10.0. The van der Waals surface area contributed by atoms with Crippen molar-refractivity contribution in [3.8, 4) is 0 Å². The maximum atomic E-state index is 4.62. The molecule has 7 nitrogen and oxygen atoms in total. The Morgan fingerprint density at radius 3 is 2.45 bits per heavy atom. The van der Waals surface area contributed by atoms with Gasteiger partial charge in [-0.05, 0) is 19.8 Å². The van der Waals surface area contributed by atoms with Crippen LogP contribution in [0.1, 0.15) is 42.8 Å². The first-order valence-corrected chi connectivity index (χ1v) is 7.07. The molecule has 0 aliphatic carbocycles. The molecule has 7 heteroatoms. The van der Waals surface area contributed by atoms with Gasteiger partial charge in [-0.15, -0.1) is 5.10 Å². The third-order valence-electron chi connectivity index (χ3n) is 3.64. The van der Waals surface area contributed by atoms with Crippen LogP contribution in [0.5, 0.6) is 0 Å². The molecule has 0 bridgehead atoms. The number of nitrogens with one attached hydrogen (secondary N) is 1. The fourth-order valence-electron chi connectivity index (χ4n) is 2.41. The minimum Gasteiger partial charge on any atom is -0.338 e. The minimum atomic E-state index is 0.361. The van der Waals surface area contributed by atoms with Gasteiger partial charge in [-0.3, -0.25) is 5.10 Å². The van der Waals surface area contributed by atoms with Crippen molar-refractivity contribution in [1.82, 2.24) is 30.4 Å². The van der Waals surface area contributed by atoms with Crippen molar-refractivity contribution in [2.24, 2.45) is 0 Å². The summed E-state index contributed by atoms with van der Waals surface area (Å²) >= 11 is 0. The number of hydrogen-bond acceptors (Lipinski definition) is 6. The highest BCUT2D eigenvalue weighted by Gasteiger charge is 2.33. The van der Waals surface area contributed by atoms with Crippen molar-refractivity contribution in [2.75, 3.05) is 18.0 Å². The van der Waals surface area contributed by atoms with Crippen LogP contribution in [0.15, 0.2) is 0 Å². The predicted octanol–water partition coefficient (Wildman–Crippen LogP) is 1.03. The Bertz CT molecular complexity index is 601. The summed E-state index contributed by atoms with van der Waals surface area (Å²) in [7, 11) is 0. The number of aromatic amines is 1. The summed E-state index contributed by atoms with van der Waals surface area (Å²) in [5, 5.41) is 15.6. The molecule has 1 aliphatic heterocycles. The van der Waals surface area contributed by atoms with E-state index in [0.717, 1.165) is 54.9 Å². The lowest BCUT2D eigenvalue weighted by Crippen LogP contribution is -2.46. The molecular formula is C13H19N7. The fourth-order valence-corrected chi connectivity index (χ4v) is 2.41. The van der Waals surface area contributed by atoms with E-state index in [1.807, 2.05) is 6.92 Å². The van der Waals surface area contributed by atoms with Crippen LogP contribution in [0.4, 0.5) is 5.95 Å². The first-order valence-electron chi connectivity index (χ1n) is 7.07. The first-order chi connectivity index (χ1) is 9.71. The van der Waals surface area contributed by atoms with Crippen molar-refractivity contribution >= 4 is 5.95 Å². The van der Waals surface area contributed by atoms with Gasteiger partial charge in [0.25, 0.3) is 0 Å². The van der Waals surface area contributed by atoms with Gasteiger partial charge in [0.1, 0.15) is 5.82 Å². The van der Waals surface area contributed by atoms with Gasteiger partial charge in [0.2, 0.25) is 5.95 Å². The molecule has 3 heterocycles. The summed E-state index contributed by atoms with van der Waals surface area (Å²) < 4.78 is 0. The summed E-state index contributed by atoms with van der Waals surface area (Å²) in [5.41, 5.74) is 2.05. The Hall–Kier alpha value is -2.05. The molecule has 2 aromatic heterocycles. The van der Waals surface area contributed by atoms with Crippen LogP contribution < -0.4 is 4.90 Å². The molecule has 3 rings (SSSR count). The molecule has 0 amide bonds. The van der Waals surface area contributed by atoms with E-state index in [9.17, 15) is 0 Å². The van der Waals surface area contributed by atoms with Crippen LogP contribution in [0.3, 0.4) is 0 Å². The van der Waals surface area contributed by atoms with E-state index < -0.39 is 0 Å². The monoisotopic (exact) mass is 273 g/mol. The van der Waals surface area contributed by atoms with Crippen molar-refractivity contribution in [1.29, 1.82) is 0 Å². The summed E-state index contributed by atoms with van der Waals surface area (Å²) in [4.78, 5) is 11.1. The molecule has 0 atom stereocenters. The number of nitrogens with zero attached hydrogens (tertiary/aromatic N) is 6. The van der Waals surface area contributed by atoms with Gasteiger partial charge in [0.05, 0.1) is 17.3 Å². The molecule has 1 fully saturated rings. The summed E-state index contributed by atoms with van der Waals surface area (Å²) in [5.74, 6) is 2.83. The third-order valence-corrected chi connectivity index (χ3v) is 3.64. The van der Waals surface area contributed by atoms with E-state index in [4.69, 9.17) is 0 Å². The lowest BCUT2D eigenvalue weighted by Gasteiger charge is -2.37. The molecule has 20 heavy (non-hydrogen) atoms. The predicted molar refractivity (Wildman–Crippen MR) is 74.7 cm³/mol. The van der Waals surface area contributed by atoms with Gasteiger partial charge in [-0.1, -0.05) is 13.8 Å². The molecular weight excluding hydrogens is 254 g/mol. The lowest BCUT2D eigenvalue weighted by molar-refractivity contribution is 0.488. The van der Waals surface area contributed by atoms with Gasteiger partial charge in [0, 0.05) is 13.1 Å². The molecule has 0 saturated carbocycles. The highest BCUT2D eigenvalue weighted by molar-refractivity contribution is 5.37. The Kier molecular flexibility index (Phi) is 3.33. The first kappa shape index (κ1) is 13.0. The highest BCUT2D eigenvalue weighted by atomic mass is 15.4. The second-order valence-corrected chi connectivity index (χ2v) is 5.09. The Labute approximate surface area is 117 Å². The van der Waals surface area contributed by atoms with E-state index in [-0.39, 0.29) is 0 Å². The van der Waals surface area contributed by atoms with Gasteiger partial charge < -0.3 is 4.90 Å². The number of aromatic nitrogens is 6. The van der Waals surface area contributed by atoms with Crippen LogP contribution in [-0.2, 0) is 12.8 Å². The number of anilines is 1. The molecule has 0 spiro atoms. The van der Waals surface area contributed by atoms with Crippen LogP contribution >= 0.6 is 0 Å². The average molecular weight is 273 g/mol. The van der Waals surface area contributed by atoms with E-state index in [1.165, 1.54) is 0 Å².